The van der Waals surface area contributed by atoms with Crippen LogP contribution in [-0.4, -0.2) is 5.78 Å². The first-order valence-corrected chi connectivity index (χ1v) is 15.7. The molecule has 2 saturated carbocycles. The monoisotopic (exact) mass is 528 g/mol. The largest absolute Gasteiger partial charge is 0.489 e. The molecular weight excluding hydrogens is 476 g/mol. The van der Waals surface area contributed by atoms with Gasteiger partial charge in [0.05, 0.1) is 5.76 Å². The second-order valence-electron chi connectivity index (χ2n) is 13.5. The Morgan fingerprint density at radius 1 is 0.769 bits per heavy atom. The summed E-state index contributed by atoms with van der Waals surface area (Å²) < 4.78 is 6.98. The molecule has 4 rings (SSSR count). The number of ketones is 1. The maximum atomic E-state index is 14.0. The van der Waals surface area contributed by atoms with Crippen LogP contribution in [0.3, 0.4) is 0 Å². The third-order valence-electron chi connectivity index (χ3n) is 10.3. The van der Waals surface area contributed by atoms with Crippen LogP contribution in [0.25, 0.3) is 0 Å². The minimum absolute atomic E-state index is 0.161. The molecule has 2 heteroatoms. The van der Waals surface area contributed by atoms with Crippen molar-refractivity contribution in [2.24, 2.45) is 35.5 Å². The van der Waals surface area contributed by atoms with Crippen molar-refractivity contribution in [2.75, 3.05) is 0 Å². The second-order valence-corrected chi connectivity index (χ2v) is 13.5. The number of rotatable bonds is 11. The van der Waals surface area contributed by atoms with Gasteiger partial charge in [-0.05, 0) is 86.2 Å². The van der Waals surface area contributed by atoms with Gasteiger partial charge in [0.25, 0.3) is 0 Å². The highest BCUT2D eigenvalue weighted by Crippen LogP contribution is 2.47. The minimum Gasteiger partial charge on any atom is -0.489 e. The molecule has 0 bridgehead atoms. The Morgan fingerprint density at radius 2 is 1.23 bits per heavy atom. The Labute approximate surface area is 238 Å². The van der Waals surface area contributed by atoms with Gasteiger partial charge < -0.3 is 4.74 Å². The predicted octanol–water partition coefficient (Wildman–Crippen LogP) is 10.1. The molecule has 0 aromatic heterocycles. The molecule has 0 N–H and O–H groups in total. The third-order valence-corrected chi connectivity index (χ3v) is 10.3. The number of carbonyl (C=O) groups is 1. The van der Waals surface area contributed by atoms with Crippen LogP contribution in [-0.2, 0) is 14.9 Å². The zero-order valence-electron chi connectivity index (χ0n) is 25.2. The van der Waals surface area contributed by atoms with E-state index in [1.807, 2.05) is 0 Å². The number of allylic oxidation sites excluding steroid dienone is 1. The molecule has 39 heavy (non-hydrogen) atoms. The van der Waals surface area contributed by atoms with Crippen LogP contribution in [0, 0.1) is 35.5 Å². The summed E-state index contributed by atoms with van der Waals surface area (Å²) in [6.07, 6.45) is 9.38. The van der Waals surface area contributed by atoms with E-state index in [1.54, 1.807) is 0 Å². The van der Waals surface area contributed by atoms with Crippen LogP contribution in [0.1, 0.15) is 110 Å². The number of Topliss-reactive ketones (excluding diaryl/α,β-unsaturated/α-hetero) is 1. The highest BCUT2D eigenvalue weighted by atomic mass is 16.5. The summed E-state index contributed by atoms with van der Waals surface area (Å²) in [5.74, 6) is 4.84. The van der Waals surface area contributed by atoms with Gasteiger partial charge in [0, 0.05) is 23.7 Å². The van der Waals surface area contributed by atoms with Gasteiger partial charge in [-0.1, -0.05) is 102 Å². The molecule has 1 unspecified atom stereocenters. The van der Waals surface area contributed by atoms with Gasteiger partial charge in [0.1, 0.15) is 11.9 Å². The van der Waals surface area contributed by atoms with E-state index in [0.29, 0.717) is 24.0 Å². The predicted molar refractivity (Wildman–Crippen MR) is 163 cm³/mol. The number of hydrogen-bond acceptors (Lipinski definition) is 2. The molecule has 2 aromatic carbocycles. The first kappa shape index (κ1) is 29.6. The lowest BCUT2D eigenvalue weighted by Gasteiger charge is -2.41. The average Bonchev–Trinajstić information content (AvgIpc) is 2.96. The molecule has 2 aliphatic rings. The molecule has 0 spiro atoms. The summed E-state index contributed by atoms with van der Waals surface area (Å²) in [6.45, 7) is 16.1. The maximum Gasteiger partial charge on any atom is 0.137 e. The van der Waals surface area contributed by atoms with Crippen molar-refractivity contribution < 1.29 is 9.53 Å². The molecule has 2 aliphatic carbocycles. The summed E-state index contributed by atoms with van der Waals surface area (Å²) in [7, 11) is 0. The van der Waals surface area contributed by atoms with Crippen LogP contribution in [0.2, 0.25) is 0 Å². The fraction of sp³-hybridized carbons (Fsp3) is 0.595. The van der Waals surface area contributed by atoms with Crippen LogP contribution in [0.15, 0.2) is 73.0 Å². The Kier molecular flexibility index (Phi) is 10.1. The van der Waals surface area contributed by atoms with E-state index in [0.717, 1.165) is 54.8 Å². The quantitative estimate of drug-likeness (QED) is 0.271. The van der Waals surface area contributed by atoms with Gasteiger partial charge in [-0.2, -0.15) is 0 Å². The molecule has 2 nitrogen and oxygen atoms in total. The van der Waals surface area contributed by atoms with Crippen LogP contribution in [0.4, 0.5) is 0 Å². The highest BCUT2D eigenvalue weighted by molar-refractivity contribution is 5.82. The number of benzene rings is 2. The van der Waals surface area contributed by atoms with E-state index in [9.17, 15) is 4.79 Å². The van der Waals surface area contributed by atoms with Crippen LogP contribution >= 0.6 is 0 Å². The van der Waals surface area contributed by atoms with E-state index < -0.39 is 5.41 Å². The summed E-state index contributed by atoms with van der Waals surface area (Å²) in [6, 6.07) is 21.2. The Balaban J connectivity index is 1.60. The first-order valence-electron chi connectivity index (χ1n) is 15.7. The number of hydrogen-bond donors (Lipinski definition) is 0. The summed E-state index contributed by atoms with van der Waals surface area (Å²) in [5, 5.41) is 0. The van der Waals surface area contributed by atoms with Crippen molar-refractivity contribution >= 4 is 5.78 Å². The van der Waals surface area contributed by atoms with E-state index in [1.165, 1.54) is 31.2 Å². The van der Waals surface area contributed by atoms with Gasteiger partial charge >= 0.3 is 0 Å². The third kappa shape index (κ3) is 7.24. The lowest BCUT2D eigenvalue weighted by Crippen LogP contribution is -2.37. The standard InChI is InChI=1S/C37H52O2/c1-26(2)29-17-21-31(22-18-29)28(5)39-36(33-13-9-7-10-14-33)37(6,34-15-11-8-12-16-34)25-35(38)32-23-19-30(20-24-32)27(3)4/h7-16,26-27,29-32,36H,5,17-25H2,1-4,6H3/t29?,30?,31?,32?,36?,37-/m1/s1. The molecular formula is C37H52O2. The average molecular weight is 529 g/mol. The molecule has 0 amide bonds. The first-order chi connectivity index (χ1) is 18.7. The zero-order chi connectivity index (χ0) is 28.0. The number of carbonyl (C=O) groups excluding carboxylic acids is 1. The molecule has 0 heterocycles. The lowest BCUT2D eigenvalue weighted by atomic mass is 9.68. The molecule has 2 atom stereocenters. The fourth-order valence-electron chi connectivity index (χ4n) is 7.33. The van der Waals surface area contributed by atoms with E-state index in [4.69, 9.17) is 4.74 Å². The zero-order valence-corrected chi connectivity index (χ0v) is 25.2. The Hall–Kier alpha value is -2.35. The van der Waals surface area contributed by atoms with Crippen molar-refractivity contribution in [1.82, 2.24) is 0 Å². The maximum absolute atomic E-state index is 14.0. The van der Waals surface area contributed by atoms with E-state index in [-0.39, 0.29) is 12.0 Å². The smallest absolute Gasteiger partial charge is 0.137 e. The summed E-state index contributed by atoms with van der Waals surface area (Å²) >= 11 is 0. The molecule has 212 valence electrons. The summed E-state index contributed by atoms with van der Waals surface area (Å²) in [5.41, 5.74) is 1.80. The minimum atomic E-state index is -0.493. The van der Waals surface area contributed by atoms with Crippen molar-refractivity contribution in [3.05, 3.63) is 84.1 Å². The lowest BCUT2D eigenvalue weighted by molar-refractivity contribution is -0.127. The van der Waals surface area contributed by atoms with E-state index in [2.05, 4.69) is 102 Å². The van der Waals surface area contributed by atoms with Crippen molar-refractivity contribution in [1.29, 1.82) is 0 Å². The highest BCUT2D eigenvalue weighted by Gasteiger charge is 2.43. The van der Waals surface area contributed by atoms with Gasteiger partial charge in [-0.3, -0.25) is 4.79 Å². The Morgan fingerprint density at radius 3 is 1.72 bits per heavy atom. The Bertz CT molecular complexity index is 1040. The van der Waals surface area contributed by atoms with Gasteiger partial charge in [0.15, 0.2) is 0 Å². The molecule has 0 radical (unpaired) electrons. The molecule has 2 aromatic rings. The summed E-state index contributed by atoms with van der Waals surface area (Å²) in [4.78, 5) is 14.0. The van der Waals surface area contributed by atoms with Gasteiger partial charge in [0.2, 0.25) is 0 Å². The van der Waals surface area contributed by atoms with Crippen molar-refractivity contribution in [3.8, 4) is 0 Å². The molecule has 2 fully saturated rings. The van der Waals surface area contributed by atoms with Crippen molar-refractivity contribution in [2.45, 2.75) is 104 Å². The van der Waals surface area contributed by atoms with Gasteiger partial charge in [-0.25, -0.2) is 0 Å². The topological polar surface area (TPSA) is 26.3 Å². The van der Waals surface area contributed by atoms with E-state index >= 15 is 0 Å². The van der Waals surface area contributed by atoms with Crippen LogP contribution in [0.5, 0.6) is 0 Å². The molecule has 0 saturated heterocycles. The van der Waals surface area contributed by atoms with Gasteiger partial charge in [-0.15, -0.1) is 0 Å². The van der Waals surface area contributed by atoms with Crippen LogP contribution < -0.4 is 0 Å². The molecule has 0 aliphatic heterocycles. The number of ether oxygens (including phenoxy) is 1. The normalized spacial score (nSPS) is 26.1. The fourth-order valence-corrected chi connectivity index (χ4v) is 7.33. The second kappa shape index (κ2) is 13.3. The SMILES string of the molecule is C=C(OC(c1ccccc1)[C@](C)(CC(=O)C1CCC(C(C)C)CC1)c1ccccc1)C1CCC(C(C)C)CC1. The van der Waals surface area contributed by atoms with Crippen molar-refractivity contribution in [3.63, 3.8) is 0 Å².